The molecule has 1 aromatic rings. The fourth-order valence-electron chi connectivity index (χ4n) is 1.82. The average Bonchev–Trinajstić information content (AvgIpc) is 2.78. The Morgan fingerprint density at radius 3 is 3.00 bits per heavy atom. The number of carbonyl (C=O) groups is 1. The van der Waals surface area contributed by atoms with Gasteiger partial charge in [-0.05, 0) is 31.5 Å². The van der Waals surface area contributed by atoms with Gasteiger partial charge in [0.2, 0.25) is 0 Å². The normalized spacial score (nSPS) is 19.3. The Morgan fingerprint density at radius 1 is 1.53 bits per heavy atom. The molecule has 4 nitrogen and oxygen atoms in total. The van der Waals surface area contributed by atoms with E-state index in [1.807, 2.05) is 0 Å². The maximum Gasteiger partial charge on any atom is 0.254 e. The Bertz CT molecular complexity index is 419. The topological polar surface area (TPSA) is 54.0 Å². The highest BCUT2D eigenvalue weighted by atomic mass is 35.5. The van der Waals surface area contributed by atoms with Crippen LogP contribution in [0.15, 0.2) is 12.1 Å². The number of hydrogen-bond acceptors (Lipinski definition) is 3. The lowest BCUT2D eigenvalue weighted by Crippen LogP contribution is -2.37. The molecule has 1 unspecified atom stereocenters. The molecule has 1 amide bonds. The molecule has 1 aliphatic rings. The molecule has 1 saturated heterocycles. The minimum Gasteiger partial charge on any atom is -0.350 e. The number of halogens is 2. The number of rotatable bonds is 3. The van der Waals surface area contributed by atoms with Crippen LogP contribution in [0.2, 0.25) is 10.3 Å². The van der Waals surface area contributed by atoms with Crippen LogP contribution in [0.1, 0.15) is 23.2 Å². The van der Waals surface area contributed by atoms with Crippen LogP contribution in [0.3, 0.4) is 0 Å². The molecule has 1 fully saturated rings. The number of aromatic nitrogens is 1. The second-order valence-electron chi connectivity index (χ2n) is 3.98. The van der Waals surface area contributed by atoms with Gasteiger partial charge in [0.25, 0.3) is 5.91 Å². The summed E-state index contributed by atoms with van der Waals surface area (Å²) >= 11 is 11.5. The van der Waals surface area contributed by atoms with Crippen molar-refractivity contribution in [3.8, 4) is 0 Å². The standard InChI is InChI=1S/C11H13Cl2N3O/c12-9-4-3-8(10(13)16-9)11(17)15-6-7-2-1-5-14-7/h3-4,7,14H,1-2,5-6H2,(H,15,17). The van der Waals surface area contributed by atoms with Crippen LogP contribution in [0.25, 0.3) is 0 Å². The van der Waals surface area contributed by atoms with Gasteiger partial charge in [-0.1, -0.05) is 23.2 Å². The lowest BCUT2D eigenvalue weighted by molar-refractivity contribution is 0.0950. The first-order valence-corrected chi connectivity index (χ1v) is 6.26. The zero-order valence-corrected chi connectivity index (χ0v) is 10.7. The molecule has 0 saturated carbocycles. The highest BCUT2D eigenvalue weighted by Crippen LogP contribution is 2.16. The SMILES string of the molecule is O=C(NCC1CCCN1)c1ccc(Cl)nc1Cl. The van der Waals surface area contributed by atoms with Crippen molar-refractivity contribution in [3.05, 3.63) is 28.0 Å². The van der Waals surface area contributed by atoms with Crippen molar-refractivity contribution in [2.45, 2.75) is 18.9 Å². The quantitative estimate of drug-likeness (QED) is 0.827. The van der Waals surface area contributed by atoms with Crippen LogP contribution < -0.4 is 10.6 Å². The van der Waals surface area contributed by atoms with Crippen LogP contribution in [0.5, 0.6) is 0 Å². The van der Waals surface area contributed by atoms with E-state index in [4.69, 9.17) is 23.2 Å². The highest BCUT2D eigenvalue weighted by molar-refractivity contribution is 6.34. The van der Waals surface area contributed by atoms with Gasteiger partial charge in [-0.3, -0.25) is 4.79 Å². The number of pyridine rings is 1. The van der Waals surface area contributed by atoms with E-state index < -0.39 is 0 Å². The molecule has 0 aliphatic carbocycles. The molecule has 1 aliphatic heterocycles. The van der Waals surface area contributed by atoms with E-state index in [9.17, 15) is 4.79 Å². The zero-order chi connectivity index (χ0) is 12.3. The summed E-state index contributed by atoms with van der Waals surface area (Å²) in [6, 6.07) is 3.49. The molecule has 2 N–H and O–H groups in total. The molecule has 0 aromatic carbocycles. The van der Waals surface area contributed by atoms with Gasteiger partial charge in [-0.2, -0.15) is 0 Å². The summed E-state index contributed by atoms with van der Waals surface area (Å²) < 4.78 is 0. The first-order chi connectivity index (χ1) is 8.16. The number of amides is 1. The summed E-state index contributed by atoms with van der Waals surface area (Å²) in [5.74, 6) is -0.215. The lowest BCUT2D eigenvalue weighted by atomic mass is 10.2. The Hall–Kier alpha value is -0.840. The van der Waals surface area contributed by atoms with E-state index in [1.54, 1.807) is 12.1 Å². The van der Waals surface area contributed by atoms with Gasteiger partial charge in [0, 0.05) is 12.6 Å². The molecule has 17 heavy (non-hydrogen) atoms. The Kier molecular flexibility index (Phi) is 4.20. The van der Waals surface area contributed by atoms with Crippen LogP contribution in [0, 0.1) is 0 Å². The number of nitrogens with zero attached hydrogens (tertiary/aromatic N) is 1. The van der Waals surface area contributed by atoms with E-state index >= 15 is 0 Å². The number of carbonyl (C=O) groups excluding carboxylic acids is 1. The van der Waals surface area contributed by atoms with Crippen molar-refractivity contribution in [2.24, 2.45) is 0 Å². The summed E-state index contributed by atoms with van der Waals surface area (Å²) in [6.07, 6.45) is 2.25. The van der Waals surface area contributed by atoms with Crippen LogP contribution in [0.4, 0.5) is 0 Å². The van der Waals surface area contributed by atoms with Crippen molar-refractivity contribution in [1.29, 1.82) is 0 Å². The molecular weight excluding hydrogens is 261 g/mol. The molecule has 6 heteroatoms. The van der Waals surface area contributed by atoms with Crippen molar-refractivity contribution in [2.75, 3.05) is 13.1 Å². The Morgan fingerprint density at radius 2 is 2.35 bits per heavy atom. The number of hydrogen-bond donors (Lipinski definition) is 2. The molecule has 2 rings (SSSR count). The molecule has 2 heterocycles. The predicted octanol–water partition coefficient (Wildman–Crippen LogP) is 1.87. The maximum atomic E-state index is 11.8. The van der Waals surface area contributed by atoms with Gasteiger partial charge in [0.15, 0.2) is 0 Å². The molecule has 1 atom stereocenters. The third-order valence-corrected chi connectivity index (χ3v) is 3.23. The van der Waals surface area contributed by atoms with Gasteiger partial charge >= 0.3 is 0 Å². The van der Waals surface area contributed by atoms with E-state index in [-0.39, 0.29) is 16.2 Å². The second kappa shape index (κ2) is 5.67. The van der Waals surface area contributed by atoms with Crippen LogP contribution in [-0.2, 0) is 0 Å². The average molecular weight is 274 g/mol. The van der Waals surface area contributed by atoms with E-state index in [0.29, 0.717) is 18.2 Å². The molecule has 0 spiro atoms. The van der Waals surface area contributed by atoms with Gasteiger partial charge in [-0.25, -0.2) is 4.98 Å². The van der Waals surface area contributed by atoms with Gasteiger partial charge in [-0.15, -0.1) is 0 Å². The lowest BCUT2D eigenvalue weighted by Gasteiger charge is -2.11. The first kappa shape index (κ1) is 12.6. The fraction of sp³-hybridized carbons (Fsp3) is 0.455. The third kappa shape index (κ3) is 3.31. The van der Waals surface area contributed by atoms with Gasteiger partial charge in [0.05, 0.1) is 5.56 Å². The van der Waals surface area contributed by atoms with E-state index in [1.165, 1.54) is 0 Å². The summed E-state index contributed by atoms with van der Waals surface area (Å²) in [6.45, 7) is 1.63. The third-order valence-electron chi connectivity index (χ3n) is 2.73. The van der Waals surface area contributed by atoms with Crippen molar-refractivity contribution in [1.82, 2.24) is 15.6 Å². The van der Waals surface area contributed by atoms with E-state index in [2.05, 4.69) is 15.6 Å². The summed E-state index contributed by atoms with van der Waals surface area (Å²) in [4.78, 5) is 15.7. The molecule has 1 aromatic heterocycles. The minimum absolute atomic E-state index is 0.134. The van der Waals surface area contributed by atoms with Crippen LogP contribution in [-0.4, -0.2) is 30.0 Å². The van der Waals surface area contributed by atoms with Crippen molar-refractivity contribution in [3.63, 3.8) is 0 Å². The molecule has 92 valence electrons. The summed E-state index contributed by atoms with van der Waals surface area (Å²) in [5, 5.41) is 6.55. The summed E-state index contributed by atoms with van der Waals surface area (Å²) in [5.41, 5.74) is 0.356. The van der Waals surface area contributed by atoms with Crippen molar-refractivity contribution >= 4 is 29.1 Å². The monoisotopic (exact) mass is 273 g/mol. The predicted molar refractivity (Wildman–Crippen MR) is 67.6 cm³/mol. The molecule has 0 bridgehead atoms. The molecule has 0 radical (unpaired) electrons. The highest BCUT2D eigenvalue weighted by Gasteiger charge is 2.16. The van der Waals surface area contributed by atoms with Gasteiger partial charge in [0.1, 0.15) is 10.3 Å². The summed E-state index contributed by atoms with van der Waals surface area (Å²) in [7, 11) is 0. The Balaban J connectivity index is 1.94. The number of nitrogens with one attached hydrogen (secondary N) is 2. The Labute approximate surface area is 110 Å². The minimum atomic E-state index is -0.215. The van der Waals surface area contributed by atoms with Crippen LogP contribution >= 0.6 is 23.2 Å². The van der Waals surface area contributed by atoms with Gasteiger partial charge < -0.3 is 10.6 Å². The molecular formula is C11H13Cl2N3O. The maximum absolute atomic E-state index is 11.8. The first-order valence-electron chi connectivity index (χ1n) is 5.50. The van der Waals surface area contributed by atoms with E-state index in [0.717, 1.165) is 19.4 Å². The van der Waals surface area contributed by atoms with Crippen molar-refractivity contribution < 1.29 is 4.79 Å². The largest absolute Gasteiger partial charge is 0.350 e. The fourth-order valence-corrected chi connectivity index (χ4v) is 2.25. The smallest absolute Gasteiger partial charge is 0.254 e. The second-order valence-corrected chi connectivity index (χ2v) is 4.72. The zero-order valence-electron chi connectivity index (χ0n) is 9.17.